The van der Waals surface area contributed by atoms with Crippen LogP contribution in [0.3, 0.4) is 0 Å². The standard InChI is InChI=1S/C21H15F2N3O2/c22-17-7-4-8-18(23)16(17)12-28-14-9-10-15-19(11-14)25-26-20(15)24-21(27)13-5-2-1-3-6-13/h1-11H,12H2,(H2,24,25,26,27). The van der Waals surface area contributed by atoms with Gasteiger partial charge in [0.2, 0.25) is 0 Å². The number of nitrogens with one attached hydrogen (secondary N) is 2. The number of hydrogen-bond donors (Lipinski definition) is 2. The number of aromatic nitrogens is 2. The van der Waals surface area contributed by atoms with Crippen molar-refractivity contribution in [1.29, 1.82) is 0 Å². The molecule has 1 aromatic heterocycles. The van der Waals surface area contributed by atoms with Gasteiger partial charge in [-0.2, -0.15) is 5.10 Å². The Hall–Kier alpha value is -3.74. The zero-order valence-corrected chi connectivity index (χ0v) is 14.6. The number of amides is 1. The van der Waals surface area contributed by atoms with Crippen LogP contribution in [0.15, 0.2) is 66.7 Å². The molecule has 0 fully saturated rings. The molecular weight excluding hydrogens is 364 g/mol. The Morgan fingerprint density at radius 2 is 1.75 bits per heavy atom. The van der Waals surface area contributed by atoms with Gasteiger partial charge in [0.25, 0.3) is 5.91 Å². The quantitative estimate of drug-likeness (QED) is 0.529. The van der Waals surface area contributed by atoms with E-state index in [1.54, 1.807) is 42.5 Å². The van der Waals surface area contributed by atoms with Gasteiger partial charge in [0.05, 0.1) is 11.1 Å². The molecule has 7 heteroatoms. The lowest BCUT2D eigenvalue weighted by atomic mass is 10.2. The summed E-state index contributed by atoms with van der Waals surface area (Å²) in [7, 11) is 0. The highest BCUT2D eigenvalue weighted by atomic mass is 19.1. The smallest absolute Gasteiger partial charge is 0.256 e. The number of rotatable bonds is 5. The lowest BCUT2D eigenvalue weighted by molar-refractivity contribution is 0.102. The Bertz CT molecular complexity index is 1120. The van der Waals surface area contributed by atoms with E-state index in [4.69, 9.17) is 4.74 Å². The minimum Gasteiger partial charge on any atom is -0.489 e. The second-order valence-corrected chi connectivity index (χ2v) is 6.09. The average Bonchev–Trinajstić information content (AvgIpc) is 3.10. The molecular formula is C21H15F2N3O2. The summed E-state index contributed by atoms with van der Waals surface area (Å²) in [5.74, 6) is -0.790. The van der Waals surface area contributed by atoms with Crippen molar-refractivity contribution in [3.8, 4) is 5.75 Å². The molecule has 0 radical (unpaired) electrons. The van der Waals surface area contributed by atoms with E-state index in [-0.39, 0.29) is 18.1 Å². The lowest BCUT2D eigenvalue weighted by Crippen LogP contribution is -2.12. The van der Waals surface area contributed by atoms with Crippen molar-refractivity contribution in [3.05, 3.63) is 89.5 Å². The minimum atomic E-state index is -0.659. The first kappa shape index (κ1) is 17.7. The van der Waals surface area contributed by atoms with Gasteiger partial charge < -0.3 is 10.1 Å². The molecule has 2 N–H and O–H groups in total. The summed E-state index contributed by atoms with van der Waals surface area (Å²) < 4.78 is 32.9. The van der Waals surface area contributed by atoms with E-state index < -0.39 is 11.6 Å². The molecule has 0 saturated carbocycles. The number of hydrogen-bond acceptors (Lipinski definition) is 3. The summed E-state index contributed by atoms with van der Waals surface area (Å²) >= 11 is 0. The Labute approximate surface area is 159 Å². The maximum Gasteiger partial charge on any atom is 0.256 e. The number of nitrogens with zero attached hydrogens (tertiary/aromatic N) is 1. The topological polar surface area (TPSA) is 67.0 Å². The molecule has 28 heavy (non-hydrogen) atoms. The van der Waals surface area contributed by atoms with Crippen LogP contribution < -0.4 is 10.1 Å². The van der Waals surface area contributed by atoms with Crippen LogP contribution in [-0.4, -0.2) is 16.1 Å². The van der Waals surface area contributed by atoms with Gasteiger partial charge in [-0.3, -0.25) is 9.89 Å². The number of halogens is 2. The largest absolute Gasteiger partial charge is 0.489 e. The number of benzene rings is 3. The van der Waals surface area contributed by atoms with Gasteiger partial charge in [-0.1, -0.05) is 24.3 Å². The van der Waals surface area contributed by atoms with Gasteiger partial charge in [0.15, 0.2) is 5.82 Å². The summed E-state index contributed by atoms with van der Waals surface area (Å²) in [6, 6.07) is 17.5. The fourth-order valence-corrected chi connectivity index (χ4v) is 2.78. The van der Waals surface area contributed by atoms with E-state index >= 15 is 0 Å². The first-order chi connectivity index (χ1) is 13.6. The van der Waals surface area contributed by atoms with Gasteiger partial charge >= 0.3 is 0 Å². The molecule has 0 aliphatic rings. The van der Waals surface area contributed by atoms with E-state index in [1.807, 2.05) is 6.07 Å². The molecule has 0 atom stereocenters. The van der Waals surface area contributed by atoms with Crippen molar-refractivity contribution in [3.63, 3.8) is 0 Å². The fourth-order valence-electron chi connectivity index (χ4n) is 2.78. The minimum absolute atomic E-state index is 0.136. The van der Waals surface area contributed by atoms with E-state index in [1.165, 1.54) is 18.2 Å². The maximum absolute atomic E-state index is 13.7. The van der Waals surface area contributed by atoms with Crippen LogP contribution in [0.1, 0.15) is 15.9 Å². The monoisotopic (exact) mass is 379 g/mol. The number of carbonyl (C=O) groups excluding carboxylic acids is 1. The Kier molecular flexibility index (Phi) is 4.72. The van der Waals surface area contributed by atoms with Crippen molar-refractivity contribution < 1.29 is 18.3 Å². The molecule has 0 aliphatic carbocycles. The summed E-state index contributed by atoms with van der Waals surface area (Å²) in [5, 5.41) is 10.4. The summed E-state index contributed by atoms with van der Waals surface area (Å²) in [4.78, 5) is 12.3. The van der Waals surface area contributed by atoms with Crippen LogP contribution in [0, 0.1) is 11.6 Å². The third-order valence-corrected chi connectivity index (χ3v) is 4.25. The molecule has 140 valence electrons. The highest BCUT2D eigenvalue weighted by Crippen LogP contribution is 2.26. The average molecular weight is 379 g/mol. The number of ether oxygens (including phenoxy) is 1. The van der Waals surface area contributed by atoms with Crippen molar-refractivity contribution in [2.75, 3.05) is 5.32 Å². The summed E-state index contributed by atoms with van der Waals surface area (Å²) in [6.07, 6.45) is 0. The molecule has 3 aromatic carbocycles. The summed E-state index contributed by atoms with van der Waals surface area (Å²) in [6.45, 7) is -0.240. The van der Waals surface area contributed by atoms with Crippen molar-refractivity contribution in [2.45, 2.75) is 6.61 Å². The van der Waals surface area contributed by atoms with E-state index in [2.05, 4.69) is 15.5 Å². The van der Waals surface area contributed by atoms with Crippen molar-refractivity contribution in [1.82, 2.24) is 10.2 Å². The number of fused-ring (bicyclic) bond motifs is 1. The zero-order chi connectivity index (χ0) is 19.5. The van der Waals surface area contributed by atoms with Gasteiger partial charge in [0.1, 0.15) is 24.0 Å². The number of aromatic amines is 1. The molecule has 1 heterocycles. The van der Waals surface area contributed by atoms with Gasteiger partial charge in [-0.05, 0) is 36.4 Å². The fraction of sp³-hybridized carbons (Fsp3) is 0.0476. The van der Waals surface area contributed by atoms with Crippen LogP contribution in [0.5, 0.6) is 5.75 Å². The van der Waals surface area contributed by atoms with E-state index in [0.717, 1.165) is 0 Å². The van der Waals surface area contributed by atoms with Gasteiger partial charge in [0, 0.05) is 17.0 Å². The molecule has 0 unspecified atom stereocenters. The highest BCUT2D eigenvalue weighted by Gasteiger charge is 2.13. The first-order valence-electron chi connectivity index (χ1n) is 8.52. The number of carbonyl (C=O) groups is 1. The Morgan fingerprint density at radius 1 is 1.00 bits per heavy atom. The molecule has 4 aromatic rings. The summed E-state index contributed by atoms with van der Waals surface area (Å²) in [5.41, 5.74) is 1.00. The molecule has 0 saturated heterocycles. The molecule has 0 aliphatic heterocycles. The van der Waals surface area contributed by atoms with Crippen LogP contribution in [0.25, 0.3) is 10.9 Å². The van der Waals surface area contributed by atoms with Crippen LogP contribution >= 0.6 is 0 Å². The Balaban J connectivity index is 1.51. The normalized spacial score (nSPS) is 10.8. The van der Waals surface area contributed by atoms with Crippen LogP contribution in [0.2, 0.25) is 0 Å². The van der Waals surface area contributed by atoms with E-state index in [0.29, 0.717) is 28.0 Å². The highest BCUT2D eigenvalue weighted by molar-refractivity contribution is 6.07. The first-order valence-corrected chi connectivity index (χ1v) is 8.52. The van der Waals surface area contributed by atoms with Gasteiger partial charge in [-0.15, -0.1) is 0 Å². The van der Waals surface area contributed by atoms with Crippen LogP contribution in [0.4, 0.5) is 14.6 Å². The third kappa shape index (κ3) is 3.55. The van der Waals surface area contributed by atoms with Crippen molar-refractivity contribution >= 4 is 22.6 Å². The SMILES string of the molecule is O=C(Nc1n[nH]c2cc(OCc3c(F)cccc3F)ccc12)c1ccccc1. The molecule has 4 rings (SSSR count). The second-order valence-electron chi connectivity index (χ2n) is 6.09. The van der Waals surface area contributed by atoms with Crippen molar-refractivity contribution in [2.24, 2.45) is 0 Å². The van der Waals surface area contributed by atoms with E-state index in [9.17, 15) is 13.6 Å². The maximum atomic E-state index is 13.7. The number of H-pyrrole nitrogens is 1. The molecule has 1 amide bonds. The Morgan fingerprint density at radius 3 is 2.50 bits per heavy atom. The van der Waals surface area contributed by atoms with Crippen LogP contribution in [-0.2, 0) is 6.61 Å². The molecule has 0 spiro atoms. The third-order valence-electron chi connectivity index (χ3n) is 4.25. The molecule has 5 nitrogen and oxygen atoms in total. The zero-order valence-electron chi connectivity index (χ0n) is 14.6. The predicted molar refractivity (Wildman–Crippen MR) is 101 cm³/mol. The lowest BCUT2D eigenvalue weighted by Gasteiger charge is -2.08. The second kappa shape index (κ2) is 7.48. The number of anilines is 1. The molecule has 0 bridgehead atoms. The predicted octanol–water partition coefficient (Wildman–Crippen LogP) is 4.67. The van der Waals surface area contributed by atoms with Gasteiger partial charge in [-0.25, -0.2) is 8.78 Å².